The van der Waals surface area contributed by atoms with Gasteiger partial charge in [0.15, 0.2) is 0 Å². The molecule has 1 atom stereocenters. The molecule has 2 rings (SSSR count). The Balaban J connectivity index is 2.13. The van der Waals surface area contributed by atoms with E-state index in [0.717, 1.165) is 25.2 Å². The fourth-order valence-corrected chi connectivity index (χ4v) is 1.82. The number of hydrogen-bond acceptors (Lipinski definition) is 5. The first-order chi connectivity index (χ1) is 7.33. The molecule has 1 saturated heterocycles. The highest BCUT2D eigenvalue weighted by atomic mass is 16.3. The van der Waals surface area contributed by atoms with Crippen LogP contribution in [0.15, 0.2) is 6.20 Å². The van der Waals surface area contributed by atoms with Gasteiger partial charge in [0, 0.05) is 31.2 Å². The van der Waals surface area contributed by atoms with Crippen LogP contribution in [-0.2, 0) is 6.54 Å². The van der Waals surface area contributed by atoms with Crippen molar-refractivity contribution < 1.29 is 5.11 Å². The van der Waals surface area contributed by atoms with E-state index in [1.807, 2.05) is 0 Å². The highest BCUT2D eigenvalue weighted by molar-refractivity contribution is 5.41. The van der Waals surface area contributed by atoms with Crippen LogP contribution in [0.25, 0.3) is 0 Å². The van der Waals surface area contributed by atoms with Crippen molar-refractivity contribution in [1.82, 2.24) is 20.4 Å². The van der Waals surface area contributed by atoms with Crippen LogP contribution in [0.2, 0.25) is 0 Å². The van der Waals surface area contributed by atoms with Gasteiger partial charge in [-0.1, -0.05) is 0 Å². The first-order valence-corrected chi connectivity index (χ1v) is 5.19. The molecule has 1 unspecified atom stereocenters. The lowest BCUT2D eigenvalue weighted by atomic mass is 10.1. The van der Waals surface area contributed by atoms with Crippen LogP contribution in [0.1, 0.15) is 11.6 Å². The van der Waals surface area contributed by atoms with Crippen LogP contribution < -0.4 is 16.4 Å². The second kappa shape index (κ2) is 4.61. The summed E-state index contributed by atoms with van der Waals surface area (Å²) in [6, 6.07) is 0.228. The Morgan fingerprint density at radius 1 is 1.60 bits per heavy atom. The summed E-state index contributed by atoms with van der Waals surface area (Å²) in [7, 11) is 0. The molecule has 6 heteroatoms. The monoisotopic (exact) mass is 211 g/mol. The van der Waals surface area contributed by atoms with Gasteiger partial charge in [0.05, 0.1) is 19.3 Å². The summed E-state index contributed by atoms with van der Waals surface area (Å²) in [5.74, 6) is 0.644. The van der Waals surface area contributed by atoms with Crippen LogP contribution >= 0.6 is 0 Å². The predicted octanol–water partition coefficient (Wildman–Crippen LogP) is -1.31. The molecule has 15 heavy (non-hydrogen) atoms. The van der Waals surface area contributed by atoms with Crippen molar-refractivity contribution >= 4 is 5.82 Å². The Hall–Kier alpha value is -1.11. The maximum atomic E-state index is 8.82. The molecule has 1 aliphatic heterocycles. The molecule has 6 nitrogen and oxygen atoms in total. The van der Waals surface area contributed by atoms with E-state index in [-0.39, 0.29) is 12.6 Å². The van der Waals surface area contributed by atoms with Crippen molar-refractivity contribution in [2.45, 2.75) is 12.6 Å². The number of nitrogen functional groups attached to an aromatic ring is 1. The van der Waals surface area contributed by atoms with E-state index in [1.165, 1.54) is 0 Å². The number of anilines is 1. The number of aliphatic hydroxyl groups is 1. The molecule has 0 amide bonds. The lowest BCUT2D eigenvalue weighted by molar-refractivity contribution is 0.270. The average Bonchev–Trinajstić information content (AvgIpc) is 2.63. The standard InChI is InChI=1S/C9H17N5O/c10-9-7(5-13-14(9)3-4-15)8-6-11-1-2-12-8/h5,8,11-12,15H,1-4,6,10H2. The van der Waals surface area contributed by atoms with Crippen LogP contribution in [0.4, 0.5) is 5.82 Å². The number of nitrogens with zero attached hydrogens (tertiary/aromatic N) is 2. The van der Waals surface area contributed by atoms with Crippen LogP contribution in [0.5, 0.6) is 0 Å². The Morgan fingerprint density at radius 2 is 2.47 bits per heavy atom. The third-order valence-electron chi connectivity index (χ3n) is 2.64. The molecule has 84 valence electrons. The minimum atomic E-state index is 0.0572. The highest BCUT2D eigenvalue weighted by Gasteiger charge is 2.19. The number of piperazine rings is 1. The summed E-state index contributed by atoms with van der Waals surface area (Å²) < 4.78 is 1.63. The number of rotatable bonds is 3. The second-order valence-corrected chi connectivity index (χ2v) is 3.64. The number of aromatic nitrogens is 2. The summed E-state index contributed by atoms with van der Waals surface area (Å²) in [4.78, 5) is 0. The molecule has 1 aromatic heterocycles. The lowest BCUT2D eigenvalue weighted by Crippen LogP contribution is -2.42. The molecule has 5 N–H and O–H groups in total. The van der Waals surface area contributed by atoms with E-state index in [4.69, 9.17) is 10.8 Å². The molecule has 0 saturated carbocycles. The first kappa shape index (κ1) is 10.4. The molecule has 1 fully saturated rings. The molecule has 0 spiro atoms. The van der Waals surface area contributed by atoms with Crippen molar-refractivity contribution in [3.05, 3.63) is 11.8 Å². The van der Waals surface area contributed by atoms with Gasteiger partial charge in [0.2, 0.25) is 0 Å². The van der Waals surface area contributed by atoms with E-state index in [2.05, 4.69) is 15.7 Å². The SMILES string of the molecule is Nc1c(C2CNCCN2)cnn1CCO. The van der Waals surface area contributed by atoms with E-state index < -0.39 is 0 Å². The average molecular weight is 211 g/mol. The van der Waals surface area contributed by atoms with Crippen molar-refractivity contribution in [3.8, 4) is 0 Å². The van der Waals surface area contributed by atoms with Gasteiger partial charge < -0.3 is 21.5 Å². The maximum Gasteiger partial charge on any atom is 0.126 e. The van der Waals surface area contributed by atoms with Crippen LogP contribution in [0, 0.1) is 0 Å². The molecule has 2 heterocycles. The lowest BCUT2D eigenvalue weighted by Gasteiger charge is -2.24. The fourth-order valence-electron chi connectivity index (χ4n) is 1.82. The molecule has 1 aromatic rings. The largest absolute Gasteiger partial charge is 0.394 e. The summed E-state index contributed by atoms with van der Waals surface area (Å²) >= 11 is 0. The third kappa shape index (κ3) is 2.11. The van der Waals surface area contributed by atoms with Crippen LogP contribution in [0.3, 0.4) is 0 Å². The van der Waals surface area contributed by atoms with Gasteiger partial charge in [-0.15, -0.1) is 0 Å². The third-order valence-corrected chi connectivity index (χ3v) is 2.64. The summed E-state index contributed by atoms with van der Waals surface area (Å²) in [6.07, 6.45) is 1.77. The molecule has 0 radical (unpaired) electrons. The number of nitrogens with one attached hydrogen (secondary N) is 2. The summed E-state index contributed by atoms with van der Waals surface area (Å²) in [5, 5.41) is 19.6. The van der Waals surface area contributed by atoms with Crippen molar-refractivity contribution in [3.63, 3.8) is 0 Å². The first-order valence-electron chi connectivity index (χ1n) is 5.19. The van der Waals surface area contributed by atoms with Gasteiger partial charge >= 0.3 is 0 Å². The van der Waals surface area contributed by atoms with Gasteiger partial charge in [-0.2, -0.15) is 5.10 Å². The maximum absolute atomic E-state index is 8.82. The van der Waals surface area contributed by atoms with E-state index in [0.29, 0.717) is 12.4 Å². The number of aliphatic hydroxyl groups excluding tert-OH is 1. The Labute approximate surface area is 88.5 Å². The number of hydrogen-bond donors (Lipinski definition) is 4. The van der Waals surface area contributed by atoms with Gasteiger partial charge in [-0.25, -0.2) is 4.68 Å². The minimum Gasteiger partial charge on any atom is -0.394 e. The normalized spacial score (nSPS) is 21.8. The fraction of sp³-hybridized carbons (Fsp3) is 0.667. The van der Waals surface area contributed by atoms with Crippen LogP contribution in [-0.4, -0.2) is 41.1 Å². The van der Waals surface area contributed by atoms with Gasteiger partial charge in [0.25, 0.3) is 0 Å². The summed E-state index contributed by atoms with van der Waals surface area (Å²) in [6.45, 7) is 3.30. The zero-order valence-electron chi connectivity index (χ0n) is 8.61. The molecule has 1 aliphatic rings. The van der Waals surface area contributed by atoms with Gasteiger partial charge in [0.1, 0.15) is 5.82 Å². The molecule has 0 aromatic carbocycles. The Kier molecular flexibility index (Phi) is 3.20. The molecular weight excluding hydrogens is 194 g/mol. The predicted molar refractivity (Wildman–Crippen MR) is 57.3 cm³/mol. The van der Waals surface area contributed by atoms with Crippen molar-refractivity contribution in [2.75, 3.05) is 32.0 Å². The van der Waals surface area contributed by atoms with E-state index in [9.17, 15) is 0 Å². The second-order valence-electron chi connectivity index (χ2n) is 3.64. The summed E-state index contributed by atoms with van der Waals surface area (Å²) in [5.41, 5.74) is 6.95. The quantitative estimate of drug-likeness (QED) is 0.499. The molecular formula is C9H17N5O. The van der Waals surface area contributed by atoms with E-state index in [1.54, 1.807) is 10.9 Å². The number of nitrogens with two attached hydrogens (primary N) is 1. The van der Waals surface area contributed by atoms with Crippen molar-refractivity contribution in [1.29, 1.82) is 0 Å². The molecule has 0 aliphatic carbocycles. The minimum absolute atomic E-state index is 0.0572. The molecule has 0 bridgehead atoms. The van der Waals surface area contributed by atoms with E-state index >= 15 is 0 Å². The Bertz CT molecular complexity index is 318. The van der Waals surface area contributed by atoms with Crippen molar-refractivity contribution in [2.24, 2.45) is 0 Å². The van der Waals surface area contributed by atoms with Gasteiger partial charge in [-0.3, -0.25) is 0 Å². The smallest absolute Gasteiger partial charge is 0.126 e. The highest BCUT2D eigenvalue weighted by Crippen LogP contribution is 2.20. The zero-order valence-corrected chi connectivity index (χ0v) is 8.61. The van der Waals surface area contributed by atoms with Gasteiger partial charge in [-0.05, 0) is 0 Å². The Morgan fingerprint density at radius 3 is 3.13 bits per heavy atom. The topological polar surface area (TPSA) is 88.1 Å². The zero-order chi connectivity index (χ0) is 10.7.